The van der Waals surface area contributed by atoms with E-state index in [0.29, 0.717) is 18.2 Å². The summed E-state index contributed by atoms with van der Waals surface area (Å²) in [5, 5.41) is 5.94. The first kappa shape index (κ1) is 15.9. The number of urea groups is 2. The van der Waals surface area contributed by atoms with Crippen molar-refractivity contribution in [2.75, 3.05) is 19.8 Å². The van der Waals surface area contributed by atoms with Crippen LogP contribution >= 0.6 is 0 Å². The molecule has 25 heavy (non-hydrogen) atoms. The average molecular weight is 347 g/mol. The van der Waals surface area contributed by atoms with Crippen molar-refractivity contribution in [1.82, 2.24) is 20.5 Å². The molecule has 0 bridgehead atoms. The van der Waals surface area contributed by atoms with Crippen LogP contribution < -0.4 is 10.6 Å². The summed E-state index contributed by atoms with van der Waals surface area (Å²) in [5.74, 6) is -0.748. The number of ether oxygens (including phenoxy) is 2. The molecule has 4 fully saturated rings. The van der Waals surface area contributed by atoms with Crippen molar-refractivity contribution in [3.8, 4) is 0 Å². The van der Waals surface area contributed by atoms with E-state index in [4.69, 9.17) is 16.0 Å². The van der Waals surface area contributed by atoms with Crippen molar-refractivity contribution in [1.29, 1.82) is 0 Å². The molecule has 4 aliphatic rings. The van der Waals surface area contributed by atoms with E-state index in [9.17, 15) is 14.4 Å². The predicted molar refractivity (Wildman–Crippen MR) is 81.6 cm³/mol. The Morgan fingerprint density at radius 1 is 1.24 bits per heavy atom. The molecule has 0 saturated carbocycles. The Labute approximate surface area is 143 Å². The van der Waals surface area contributed by atoms with Crippen LogP contribution in [0.15, 0.2) is 12.7 Å². The summed E-state index contributed by atoms with van der Waals surface area (Å²) in [5.41, 5.74) is -2.82. The second-order valence-corrected chi connectivity index (χ2v) is 6.56. The minimum absolute atomic E-state index is 0.0695. The van der Waals surface area contributed by atoms with Crippen LogP contribution in [0.1, 0.15) is 12.8 Å². The Kier molecular flexibility index (Phi) is 3.28. The SMILES string of the molecule is [C-]#[N+]N1C(=O)N(CC=C)C2(CC3CO3)NC(=O)NC2(CC2CO2)C1=O. The lowest BCUT2D eigenvalue weighted by molar-refractivity contribution is -0.146. The third-order valence-electron chi connectivity index (χ3n) is 5.06. The Morgan fingerprint density at radius 2 is 1.88 bits per heavy atom. The van der Waals surface area contributed by atoms with Gasteiger partial charge in [0.2, 0.25) is 0 Å². The number of carbonyl (C=O) groups is 3. The zero-order chi connectivity index (χ0) is 17.8. The molecule has 4 atom stereocenters. The van der Waals surface area contributed by atoms with E-state index in [1.165, 1.54) is 11.0 Å². The molecule has 4 heterocycles. The van der Waals surface area contributed by atoms with Crippen LogP contribution in [0, 0.1) is 6.57 Å². The number of amides is 5. The minimum Gasteiger partial charge on any atom is -0.373 e. The zero-order valence-corrected chi connectivity index (χ0v) is 13.4. The van der Waals surface area contributed by atoms with Crippen molar-refractivity contribution in [3.05, 3.63) is 24.2 Å². The number of nitrogens with one attached hydrogen (secondary N) is 2. The zero-order valence-electron chi connectivity index (χ0n) is 13.4. The van der Waals surface area contributed by atoms with Gasteiger partial charge in [-0.25, -0.2) is 9.59 Å². The number of fused-ring (bicyclic) bond motifs is 1. The topological polar surface area (TPSA) is 111 Å². The highest BCUT2D eigenvalue weighted by Crippen LogP contribution is 2.46. The molecule has 0 radical (unpaired) electrons. The van der Waals surface area contributed by atoms with Crippen LogP contribution in [-0.2, 0) is 14.3 Å². The Morgan fingerprint density at radius 3 is 2.44 bits per heavy atom. The van der Waals surface area contributed by atoms with Crippen LogP contribution in [0.2, 0.25) is 0 Å². The van der Waals surface area contributed by atoms with Gasteiger partial charge in [0.15, 0.2) is 11.2 Å². The van der Waals surface area contributed by atoms with Gasteiger partial charge < -0.3 is 20.1 Å². The number of imide groups is 1. The van der Waals surface area contributed by atoms with Gasteiger partial charge in [-0.3, -0.25) is 9.69 Å². The number of rotatable bonds is 6. The maximum atomic E-state index is 13.1. The van der Waals surface area contributed by atoms with E-state index in [1.54, 1.807) is 0 Å². The molecule has 4 saturated heterocycles. The summed E-state index contributed by atoms with van der Waals surface area (Å²) in [6, 6.07) is -1.35. The molecule has 2 N–H and O–H groups in total. The fourth-order valence-corrected chi connectivity index (χ4v) is 3.83. The molecule has 4 aliphatic heterocycles. The van der Waals surface area contributed by atoms with Crippen LogP contribution in [0.25, 0.3) is 4.95 Å². The van der Waals surface area contributed by atoms with Crippen LogP contribution in [0.3, 0.4) is 0 Å². The van der Waals surface area contributed by atoms with E-state index in [-0.39, 0.29) is 31.6 Å². The highest BCUT2D eigenvalue weighted by molar-refractivity contribution is 6.08. The second-order valence-electron chi connectivity index (χ2n) is 6.56. The van der Waals surface area contributed by atoms with E-state index in [2.05, 4.69) is 22.2 Å². The van der Waals surface area contributed by atoms with E-state index < -0.39 is 29.2 Å². The van der Waals surface area contributed by atoms with Gasteiger partial charge in [-0.15, -0.1) is 11.5 Å². The molecule has 4 unspecified atom stereocenters. The smallest absolute Gasteiger partial charge is 0.373 e. The lowest BCUT2D eigenvalue weighted by Crippen LogP contribution is -2.81. The van der Waals surface area contributed by atoms with Gasteiger partial charge in [-0.05, 0) is 0 Å². The lowest BCUT2D eigenvalue weighted by Gasteiger charge is -2.51. The number of carbonyl (C=O) groups excluding carboxylic acids is 3. The first-order chi connectivity index (χ1) is 12.0. The first-order valence-electron chi connectivity index (χ1n) is 7.95. The molecule has 0 aromatic carbocycles. The van der Waals surface area contributed by atoms with Crippen molar-refractivity contribution < 1.29 is 23.9 Å². The van der Waals surface area contributed by atoms with Crippen molar-refractivity contribution in [2.45, 2.75) is 36.3 Å². The fourth-order valence-electron chi connectivity index (χ4n) is 3.83. The van der Waals surface area contributed by atoms with Crippen LogP contribution in [0.5, 0.6) is 0 Å². The number of epoxide rings is 2. The monoisotopic (exact) mass is 347 g/mol. The maximum Gasteiger partial charge on any atom is 0.397 e. The molecule has 0 aromatic heterocycles. The van der Waals surface area contributed by atoms with E-state index >= 15 is 0 Å². The van der Waals surface area contributed by atoms with Crippen molar-refractivity contribution in [3.63, 3.8) is 0 Å². The van der Waals surface area contributed by atoms with Gasteiger partial charge in [0, 0.05) is 19.4 Å². The van der Waals surface area contributed by atoms with Gasteiger partial charge in [0.25, 0.3) is 0 Å². The van der Waals surface area contributed by atoms with Crippen molar-refractivity contribution >= 4 is 18.0 Å². The van der Waals surface area contributed by atoms with Gasteiger partial charge in [0.05, 0.1) is 30.4 Å². The second kappa shape index (κ2) is 5.18. The minimum atomic E-state index is -1.49. The summed E-state index contributed by atoms with van der Waals surface area (Å²) < 4.78 is 10.6. The first-order valence-corrected chi connectivity index (χ1v) is 7.95. The molecule has 10 heteroatoms. The van der Waals surface area contributed by atoms with Gasteiger partial charge in [-0.2, -0.15) is 6.57 Å². The summed E-state index contributed by atoms with van der Waals surface area (Å²) in [7, 11) is 0. The fraction of sp³-hybridized carbons (Fsp3) is 0.600. The predicted octanol–water partition coefficient (Wildman–Crippen LogP) is -0.403. The molecule has 5 amide bonds. The standard InChI is InChI=1S/C15H17N5O5/c1-3-4-19-13(23)20(16-2)11(21)14(5-9-7-24-9)15(19,6-10-8-25-10)18-12(22)17-14/h3,9-10H,1,4-8H2,(H2,17,18,22). The summed E-state index contributed by atoms with van der Waals surface area (Å²) in [4.78, 5) is 42.6. The van der Waals surface area contributed by atoms with Gasteiger partial charge >= 0.3 is 18.0 Å². The van der Waals surface area contributed by atoms with Crippen molar-refractivity contribution in [2.24, 2.45) is 0 Å². The molecule has 4 rings (SSSR count). The highest BCUT2D eigenvalue weighted by atomic mass is 16.6. The Bertz CT molecular complexity index is 712. The number of hydrogen-bond acceptors (Lipinski definition) is 5. The van der Waals surface area contributed by atoms with Gasteiger partial charge in [-0.1, -0.05) is 6.08 Å². The number of hydrogen-bond donors (Lipinski definition) is 2. The van der Waals surface area contributed by atoms with Crippen LogP contribution in [-0.4, -0.2) is 71.0 Å². The summed E-state index contributed by atoms with van der Waals surface area (Å²) in [6.45, 7) is 11.9. The van der Waals surface area contributed by atoms with E-state index in [0.717, 1.165) is 0 Å². The van der Waals surface area contributed by atoms with Gasteiger partial charge in [0.1, 0.15) is 0 Å². The molecule has 0 aliphatic carbocycles. The highest BCUT2D eigenvalue weighted by Gasteiger charge is 2.75. The average Bonchev–Trinajstić information content (AvgIpc) is 3.47. The van der Waals surface area contributed by atoms with Crippen LogP contribution in [0.4, 0.5) is 9.59 Å². The normalized spacial score (nSPS) is 38.6. The lowest BCUT2D eigenvalue weighted by atomic mass is 9.74. The Balaban J connectivity index is 1.87. The molecule has 10 nitrogen and oxygen atoms in total. The third kappa shape index (κ3) is 2.13. The maximum absolute atomic E-state index is 13.1. The third-order valence-corrected chi connectivity index (χ3v) is 5.06. The molecular weight excluding hydrogens is 330 g/mol. The largest absolute Gasteiger partial charge is 0.397 e. The number of nitrogens with zero attached hydrogens (tertiary/aromatic N) is 3. The molecule has 0 aromatic rings. The molecule has 0 spiro atoms. The molecule has 132 valence electrons. The Hall–Kier alpha value is -2.64. The summed E-state index contributed by atoms with van der Waals surface area (Å²) >= 11 is 0. The molecular formula is C15H17N5O5. The van der Waals surface area contributed by atoms with E-state index in [1.807, 2.05) is 0 Å². The quantitative estimate of drug-likeness (QED) is 0.386. The summed E-state index contributed by atoms with van der Waals surface area (Å²) in [6.07, 6.45) is 1.52.